The molecule has 1 saturated heterocycles. The monoisotopic (exact) mass is 346 g/mol. The quantitative estimate of drug-likeness (QED) is 0.838. The van der Waals surface area contributed by atoms with Crippen LogP contribution in [0.3, 0.4) is 0 Å². The van der Waals surface area contributed by atoms with Crippen molar-refractivity contribution in [2.75, 3.05) is 50.9 Å². The van der Waals surface area contributed by atoms with Gasteiger partial charge in [0.05, 0.1) is 18.3 Å². The molecule has 1 atom stereocenters. The molecule has 136 valence electrons. The van der Waals surface area contributed by atoms with Crippen LogP contribution in [0.1, 0.15) is 30.2 Å². The molecule has 0 aromatic carbocycles. The minimum Gasteiger partial charge on any atom is -0.368 e. The lowest BCUT2D eigenvalue weighted by Gasteiger charge is -2.37. The molecule has 0 bridgehead atoms. The highest BCUT2D eigenvalue weighted by Crippen LogP contribution is 2.21. The van der Waals surface area contributed by atoms with Crippen molar-refractivity contribution >= 4 is 11.9 Å². The predicted molar refractivity (Wildman–Crippen MR) is 95.1 cm³/mol. The first kappa shape index (κ1) is 17.6. The van der Waals surface area contributed by atoms with Crippen LogP contribution in [0, 0.1) is 6.92 Å². The van der Waals surface area contributed by atoms with Crippen LogP contribution in [0.2, 0.25) is 0 Å². The maximum atomic E-state index is 5.84. The van der Waals surface area contributed by atoms with Gasteiger partial charge in [-0.2, -0.15) is 15.0 Å². The topological polar surface area (TPSA) is 100 Å². The van der Waals surface area contributed by atoms with E-state index < -0.39 is 0 Å². The Morgan fingerprint density at radius 1 is 1.20 bits per heavy atom. The van der Waals surface area contributed by atoms with Crippen molar-refractivity contribution in [3.05, 3.63) is 23.3 Å². The van der Waals surface area contributed by atoms with Crippen LogP contribution in [0.25, 0.3) is 0 Å². The lowest BCUT2D eigenvalue weighted by molar-refractivity contribution is 0.0888. The van der Waals surface area contributed by atoms with E-state index in [0.29, 0.717) is 5.95 Å². The number of nitrogens with zero attached hydrogens (tertiary/aromatic N) is 7. The fourth-order valence-electron chi connectivity index (χ4n) is 2.97. The zero-order chi connectivity index (χ0) is 18.0. The molecule has 3 heterocycles. The van der Waals surface area contributed by atoms with Crippen molar-refractivity contribution in [2.24, 2.45) is 0 Å². The van der Waals surface area contributed by atoms with Crippen molar-refractivity contribution in [1.29, 1.82) is 0 Å². The molecule has 1 aliphatic heterocycles. The largest absolute Gasteiger partial charge is 0.368 e. The van der Waals surface area contributed by atoms with Crippen molar-refractivity contribution in [1.82, 2.24) is 29.9 Å². The van der Waals surface area contributed by atoms with E-state index in [1.54, 1.807) is 0 Å². The van der Waals surface area contributed by atoms with Crippen LogP contribution in [0.15, 0.2) is 10.6 Å². The number of aromatic nitrogens is 4. The van der Waals surface area contributed by atoms with Gasteiger partial charge in [0.2, 0.25) is 11.9 Å². The van der Waals surface area contributed by atoms with Crippen molar-refractivity contribution in [3.63, 3.8) is 0 Å². The molecule has 1 aliphatic rings. The summed E-state index contributed by atoms with van der Waals surface area (Å²) in [5.74, 6) is 2.49. The second-order valence-electron chi connectivity index (χ2n) is 6.67. The summed E-state index contributed by atoms with van der Waals surface area (Å²) in [5.41, 5.74) is 6.77. The molecule has 9 nitrogen and oxygen atoms in total. The summed E-state index contributed by atoms with van der Waals surface area (Å²) in [4.78, 5) is 19.6. The fraction of sp³-hybridized carbons (Fsp3) is 0.625. The van der Waals surface area contributed by atoms with E-state index in [9.17, 15) is 0 Å². The SMILES string of the molecule is Cc1cc(CN2CCN([C@H](C)c3nc(N)nc(N(C)C)n3)CC2)on1. The number of aryl methyl sites for hydroxylation is 1. The number of nitrogen functional groups attached to an aromatic ring is 1. The highest BCUT2D eigenvalue weighted by molar-refractivity contribution is 5.33. The van der Waals surface area contributed by atoms with Crippen LogP contribution < -0.4 is 10.6 Å². The van der Waals surface area contributed by atoms with Gasteiger partial charge in [0.15, 0.2) is 11.6 Å². The van der Waals surface area contributed by atoms with E-state index in [2.05, 4.69) is 36.8 Å². The van der Waals surface area contributed by atoms with Gasteiger partial charge in [-0.05, 0) is 13.8 Å². The van der Waals surface area contributed by atoms with Gasteiger partial charge in [-0.1, -0.05) is 5.16 Å². The van der Waals surface area contributed by atoms with Crippen LogP contribution in [0.4, 0.5) is 11.9 Å². The van der Waals surface area contributed by atoms with Crippen LogP contribution in [-0.2, 0) is 6.54 Å². The van der Waals surface area contributed by atoms with Gasteiger partial charge < -0.3 is 15.2 Å². The highest BCUT2D eigenvalue weighted by atomic mass is 16.5. The van der Waals surface area contributed by atoms with E-state index >= 15 is 0 Å². The van der Waals surface area contributed by atoms with E-state index in [1.807, 2.05) is 32.0 Å². The summed E-state index contributed by atoms with van der Waals surface area (Å²) in [6.45, 7) is 8.66. The van der Waals surface area contributed by atoms with E-state index in [1.165, 1.54) is 0 Å². The number of nitrogens with two attached hydrogens (primary N) is 1. The second kappa shape index (κ2) is 7.32. The molecule has 0 aliphatic carbocycles. The summed E-state index contributed by atoms with van der Waals surface area (Å²) in [6, 6.07) is 2.09. The Balaban J connectivity index is 1.60. The Morgan fingerprint density at radius 3 is 2.52 bits per heavy atom. The molecular weight excluding hydrogens is 320 g/mol. The Bertz CT molecular complexity index is 708. The van der Waals surface area contributed by atoms with Gasteiger partial charge in [-0.15, -0.1) is 0 Å². The molecule has 0 radical (unpaired) electrons. The summed E-state index contributed by atoms with van der Waals surface area (Å²) in [7, 11) is 3.79. The number of piperazine rings is 1. The zero-order valence-corrected chi connectivity index (χ0v) is 15.3. The molecule has 2 N–H and O–H groups in total. The molecular formula is C16H26N8O. The number of anilines is 2. The number of hydrogen-bond acceptors (Lipinski definition) is 9. The first-order chi connectivity index (χ1) is 11.9. The van der Waals surface area contributed by atoms with Gasteiger partial charge in [0.25, 0.3) is 0 Å². The average Bonchev–Trinajstić information content (AvgIpc) is 2.99. The third-order valence-electron chi connectivity index (χ3n) is 4.44. The van der Waals surface area contributed by atoms with E-state index in [4.69, 9.17) is 10.3 Å². The molecule has 1 fully saturated rings. The Kier molecular flexibility index (Phi) is 5.14. The molecule has 2 aromatic rings. The number of rotatable bonds is 5. The Hall–Kier alpha value is -2.26. The van der Waals surface area contributed by atoms with Crippen molar-refractivity contribution < 1.29 is 4.52 Å². The van der Waals surface area contributed by atoms with Gasteiger partial charge in [-0.3, -0.25) is 9.80 Å². The Labute approximate surface area is 147 Å². The molecule has 0 saturated carbocycles. The van der Waals surface area contributed by atoms with Crippen LogP contribution >= 0.6 is 0 Å². The lowest BCUT2D eigenvalue weighted by atomic mass is 10.2. The van der Waals surface area contributed by atoms with Gasteiger partial charge in [-0.25, -0.2) is 0 Å². The predicted octanol–water partition coefficient (Wildman–Crippen LogP) is 0.695. The first-order valence-electron chi connectivity index (χ1n) is 8.49. The maximum absolute atomic E-state index is 5.84. The summed E-state index contributed by atoms with van der Waals surface area (Å²) in [5, 5.41) is 3.95. The number of hydrogen-bond donors (Lipinski definition) is 1. The lowest BCUT2D eigenvalue weighted by Crippen LogP contribution is -2.47. The maximum Gasteiger partial charge on any atom is 0.229 e. The van der Waals surface area contributed by atoms with Crippen LogP contribution in [0.5, 0.6) is 0 Å². The molecule has 25 heavy (non-hydrogen) atoms. The van der Waals surface area contributed by atoms with Gasteiger partial charge >= 0.3 is 0 Å². The molecule has 0 amide bonds. The summed E-state index contributed by atoms with van der Waals surface area (Å²) in [6.07, 6.45) is 0. The minimum atomic E-state index is 0.0960. The van der Waals surface area contributed by atoms with E-state index in [0.717, 1.165) is 50.0 Å². The summed E-state index contributed by atoms with van der Waals surface area (Å²) < 4.78 is 5.31. The Morgan fingerprint density at radius 2 is 1.92 bits per heavy atom. The molecule has 3 rings (SSSR count). The third-order valence-corrected chi connectivity index (χ3v) is 4.44. The first-order valence-corrected chi connectivity index (χ1v) is 8.49. The minimum absolute atomic E-state index is 0.0960. The van der Waals surface area contributed by atoms with E-state index in [-0.39, 0.29) is 12.0 Å². The average molecular weight is 346 g/mol. The zero-order valence-electron chi connectivity index (χ0n) is 15.3. The summed E-state index contributed by atoms with van der Waals surface area (Å²) >= 11 is 0. The molecule has 0 spiro atoms. The second-order valence-corrected chi connectivity index (χ2v) is 6.67. The van der Waals surface area contributed by atoms with Crippen molar-refractivity contribution in [3.8, 4) is 0 Å². The molecule has 2 aromatic heterocycles. The highest BCUT2D eigenvalue weighted by Gasteiger charge is 2.25. The molecule has 0 unspecified atom stereocenters. The standard InChI is InChI=1S/C16H26N8O/c1-11-9-13(25-21-11)10-23-5-7-24(8-6-23)12(2)14-18-15(17)20-16(19-14)22(3)4/h9,12H,5-8,10H2,1-4H3,(H2,17,18,19,20)/t12-/m1/s1. The normalized spacial score (nSPS) is 17.6. The van der Waals surface area contributed by atoms with Gasteiger partial charge in [0.1, 0.15) is 0 Å². The van der Waals surface area contributed by atoms with Crippen LogP contribution in [-0.4, -0.2) is 70.2 Å². The fourth-order valence-corrected chi connectivity index (χ4v) is 2.97. The smallest absolute Gasteiger partial charge is 0.229 e. The van der Waals surface area contributed by atoms with Gasteiger partial charge in [0, 0.05) is 46.3 Å². The molecule has 9 heteroatoms. The third kappa shape index (κ3) is 4.23. The van der Waals surface area contributed by atoms with Crippen molar-refractivity contribution in [2.45, 2.75) is 26.4 Å².